The molecule has 0 aliphatic rings. The van der Waals surface area contributed by atoms with Crippen molar-refractivity contribution < 1.29 is 37.4 Å². The Morgan fingerprint density at radius 3 is 2.37 bits per heavy atom. The van der Waals surface area contributed by atoms with Crippen LogP contribution in [-0.4, -0.2) is 22.1 Å². The van der Waals surface area contributed by atoms with E-state index in [0.717, 1.165) is 17.4 Å². The minimum absolute atomic E-state index is 0.0357. The van der Waals surface area contributed by atoms with E-state index in [-0.39, 0.29) is 21.7 Å². The van der Waals surface area contributed by atoms with Gasteiger partial charge in [0.1, 0.15) is 21.2 Å². The average Bonchev–Trinajstić information content (AvgIpc) is 3.23. The van der Waals surface area contributed by atoms with E-state index in [9.17, 15) is 37.4 Å². The first kappa shape index (κ1) is 21.8. The molecule has 2 aromatic heterocycles. The van der Waals surface area contributed by atoms with E-state index in [2.05, 4.69) is 5.32 Å². The molecule has 0 bridgehead atoms. The lowest BCUT2D eigenvalue weighted by molar-refractivity contribution is 0.0213. The largest absolute Gasteiger partial charge is 0.506 e. The summed E-state index contributed by atoms with van der Waals surface area (Å²) in [7, 11) is 0. The third-order valence-electron chi connectivity index (χ3n) is 4.15. The number of carboxylic acids is 1. The van der Waals surface area contributed by atoms with Crippen LogP contribution in [0.15, 0.2) is 23.6 Å². The summed E-state index contributed by atoms with van der Waals surface area (Å²) in [6.07, 6.45) is 0. The fraction of sp³-hybridized carbons (Fsp3) is 0.158. The van der Waals surface area contributed by atoms with Gasteiger partial charge in [0.15, 0.2) is 11.6 Å². The molecular formula is C19H13F4NO4S2. The molecule has 2 heterocycles. The molecule has 5 nitrogen and oxygen atoms in total. The highest BCUT2D eigenvalue weighted by Crippen LogP contribution is 2.41. The van der Waals surface area contributed by atoms with Crippen molar-refractivity contribution in [1.82, 2.24) is 0 Å². The lowest BCUT2D eigenvalue weighted by atomic mass is 10.0. The molecule has 3 aromatic rings. The van der Waals surface area contributed by atoms with Gasteiger partial charge in [-0.1, -0.05) is 12.1 Å². The van der Waals surface area contributed by atoms with Gasteiger partial charge in [-0.2, -0.15) is 0 Å². The predicted molar refractivity (Wildman–Crippen MR) is 105 cm³/mol. The van der Waals surface area contributed by atoms with Crippen LogP contribution in [0.4, 0.5) is 22.6 Å². The zero-order valence-corrected chi connectivity index (χ0v) is 17.0. The molecule has 3 rings (SSSR count). The average molecular weight is 459 g/mol. The number of carbonyl (C=O) groups is 2. The van der Waals surface area contributed by atoms with Crippen molar-refractivity contribution in [3.05, 3.63) is 56.1 Å². The van der Waals surface area contributed by atoms with Gasteiger partial charge >= 0.3 is 5.97 Å². The predicted octanol–water partition coefficient (Wildman–Crippen LogP) is 5.83. The van der Waals surface area contributed by atoms with Crippen LogP contribution in [0, 0.1) is 18.6 Å². The Morgan fingerprint density at radius 1 is 1.13 bits per heavy atom. The van der Waals surface area contributed by atoms with Gasteiger partial charge in [-0.3, -0.25) is 4.79 Å². The highest BCUT2D eigenvalue weighted by atomic mass is 32.1. The number of rotatable bonds is 5. The number of hydrogen-bond acceptors (Lipinski definition) is 5. The van der Waals surface area contributed by atoms with Crippen molar-refractivity contribution in [2.75, 3.05) is 5.32 Å². The van der Waals surface area contributed by atoms with Gasteiger partial charge in [0.05, 0.1) is 4.88 Å². The van der Waals surface area contributed by atoms with E-state index in [1.807, 2.05) is 0 Å². The Bertz CT molecular complexity index is 1160. The summed E-state index contributed by atoms with van der Waals surface area (Å²) < 4.78 is 55.1. The van der Waals surface area contributed by atoms with Crippen LogP contribution in [0.2, 0.25) is 0 Å². The number of thiophene rings is 2. The van der Waals surface area contributed by atoms with Gasteiger partial charge in [0.2, 0.25) is 0 Å². The standard InChI is InChI=1S/C19H13F4NO4S2/c1-7-3-4-8(14(21)13(7)20)9-6-29-17(12(9)18(27)28)24-16(26)15-10(25)5-11(30-15)19(2,22)23/h3-6,25H,1-2H3,(H,24,26)(H,27,28). The molecule has 0 saturated carbocycles. The number of alkyl halides is 2. The van der Waals surface area contributed by atoms with E-state index < -0.39 is 50.5 Å². The monoisotopic (exact) mass is 459 g/mol. The molecule has 3 N–H and O–H groups in total. The fourth-order valence-electron chi connectivity index (χ4n) is 2.63. The maximum Gasteiger partial charge on any atom is 0.339 e. The van der Waals surface area contributed by atoms with Crippen LogP contribution in [0.1, 0.15) is 37.4 Å². The highest BCUT2D eigenvalue weighted by molar-refractivity contribution is 7.16. The number of nitrogens with one attached hydrogen (secondary N) is 1. The Balaban J connectivity index is 2.01. The maximum atomic E-state index is 14.3. The van der Waals surface area contributed by atoms with Crippen LogP contribution < -0.4 is 5.32 Å². The molecule has 0 fully saturated rings. The molecule has 30 heavy (non-hydrogen) atoms. The molecule has 0 spiro atoms. The summed E-state index contributed by atoms with van der Waals surface area (Å²) in [6.45, 7) is 1.95. The second-order valence-electron chi connectivity index (χ2n) is 6.38. The number of carboxylic acid groups (broad SMARTS) is 1. The van der Waals surface area contributed by atoms with Gasteiger partial charge in [-0.05, 0) is 12.5 Å². The van der Waals surface area contributed by atoms with Crippen LogP contribution in [0.5, 0.6) is 5.75 Å². The molecule has 0 unspecified atom stereocenters. The van der Waals surface area contributed by atoms with Crippen molar-refractivity contribution in [3.63, 3.8) is 0 Å². The Labute approximate surface area is 175 Å². The molecular weight excluding hydrogens is 446 g/mol. The molecule has 1 aromatic carbocycles. The van der Waals surface area contributed by atoms with E-state index >= 15 is 0 Å². The van der Waals surface area contributed by atoms with Crippen LogP contribution in [-0.2, 0) is 5.92 Å². The number of aromatic carboxylic acids is 1. The van der Waals surface area contributed by atoms with E-state index in [4.69, 9.17) is 0 Å². The van der Waals surface area contributed by atoms with Crippen LogP contribution in [0.25, 0.3) is 11.1 Å². The molecule has 0 aliphatic heterocycles. The number of carbonyl (C=O) groups excluding carboxylic acids is 1. The highest BCUT2D eigenvalue weighted by Gasteiger charge is 2.31. The van der Waals surface area contributed by atoms with Gasteiger partial charge < -0.3 is 15.5 Å². The third-order valence-corrected chi connectivity index (χ3v) is 6.34. The lowest BCUT2D eigenvalue weighted by Crippen LogP contribution is -2.12. The smallest absolute Gasteiger partial charge is 0.339 e. The van der Waals surface area contributed by atoms with Gasteiger partial charge in [0, 0.05) is 29.5 Å². The van der Waals surface area contributed by atoms with Crippen molar-refractivity contribution in [2.24, 2.45) is 0 Å². The number of aromatic hydroxyl groups is 1. The second-order valence-corrected chi connectivity index (χ2v) is 8.32. The molecule has 0 atom stereocenters. The van der Waals surface area contributed by atoms with E-state index in [0.29, 0.717) is 18.3 Å². The van der Waals surface area contributed by atoms with E-state index in [1.165, 1.54) is 24.4 Å². The maximum absolute atomic E-state index is 14.3. The first-order valence-corrected chi connectivity index (χ1v) is 9.93. The van der Waals surface area contributed by atoms with Crippen molar-refractivity contribution in [1.29, 1.82) is 0 Å². The van der Waals surface area contributed by atoms with E-state index in [1.54, 1.807) is 0 Å². The van der Waals surface area contributed by atoms with Gasteiger partial charge in [-0.15, -0.1) is 22.7 Å². The Kier molecular flexibility index (Phi) is 5.61. The lowest BCUT2D eigenvalue weighted by Gasteiger charge is -2.08. The zero-order valence-electron chi connectivity index (χ0n) is 15.3. The Hall–Kier alpha value is -2.92. The summed E-state index contributed by atoms with van der Waals surface area (Å²) in [5, 5.41) is 22.6. The molecule has 0 radical (unpaired) electrons. The second kappa shape index (κ2) is 7.73. The summed E-state index contributed by atoms with van der Waals surface area (Å²) in [5.41, 5.74) is -0.921. The molecule has 11 heteroatoms. The van der Waals surface area contributed by atoms with Crippen LogP contribution in [0.3, 0.4) is 0 Å². The molecule has 0 saturated heterocycles. The number of amides is 1. The van der Waals surface area contributed by atoms with Crippen molar-refractivity contribution in [3.8, 4) is 16.9 Å². The summed E-state index contributed by atoms with van der Waals surface area (Å²) >= 11 is 1.09. The van der Waals surface area contributed by atoms with Crippen molar-refractivity contribution >= 4 is 39.6 Å². The summed E-state index contributed by atoms with van der Waals surface area (Å²) in [6, 6.07) is 3.25. The molecule has 0 aliphatic carbocycles. The molecule has 158 valence electrons. The SMILES string of the molecule is Cc1ccc(-c2csc(NC(=O)c3sc(C(C)(F)F)cc3O)c2C(=O)O)c(F)c1F. The topological polar surface area (TPSA) is 86.6 Å². The zero-order chi connectivity index (χ0) is 22.4. The minimum atomic E-state index is -3.28. The summed E-state index contributed by atoms with van der Waals surface area (Å²) in [5.74, 6) is -8.86. The number of benzene rings is 1. The first-order chi connectivity index (χ1) is 13.9. The number of halogens is 4. The Morgan fingerprint density at radius 2 is 1.80 bits per heavy atom. The quantitative estimate of drug-likeness (QED) is 0.419. The molecule has 1 amide bonds. The van der Waals surface area contributed by atoms with Crippen LogP contribution >= 0.6 is 22.7 Å². The van der Waals surface area contributed by atoms with Crippen molar-refractivity contribution in [2.45, 2.75) is 19.8 Å². The summed E-state index contributed by atoms with van der Waals surface area (Å²) in [4.78, 5) is 23.2. The number of hydrogen-bond donors (Lipinski definition) is 3. The van der Waals surface area contributed by atoms with Gasteiger partial charge in [0.25, 0.3) is 11.8 Å². The third kappa shape index (κ3) is 3.90. The minimum Gasteiger partial charge on any atom is -0.506 e. The first-order valence-electron chi connectivity index (χ1n) is 8.24. The van der Waals surface area contributed by atoms with Gasteiger partial charge in [-0.25, -0.2) is 22.4 Å². The normalized spacial score (nSPS) is 11.5. The fourth-order valence-corrected chi connectivity index (χ4v) is 4.46. The number of anilines is 1. The number of aryl methyl sites for hydroxylation is 1.